The van der Waals surface area contributed by atoms with Crippen LogP contribution in [-0.2, 0) is 4.79 Å². The number of nitrogens with one attached hydrogen (secondary N) is 1. The third kappa shape index (κ3) is 4.35. The summed E-state index contributed by atoms with van der Waals surface area (Å²) in [6.45, 7) is 0. The van der Waals surface area contributed by atoms with Gasteiger partial charge in [0.25, 0.3) is 5.91 Å². The van der Waals surface area contributed by atoms with Crippen molar-refractivity contribution in [1.29, 1.82) is 0 Å². The predicted octanol–water partition coefficient (Wildman–Crippen LogP) is 4.27. The van der Waals surface area contributed by atoms with Crippen molar-refractivity contribution >= 4 is 17.5 Å². The number of likely N-dealkylation sites (N-methyl/N-ethyl adjacent to an activating group) is 1. The third-order valence-corrected chi connectivity index (χ3v) is 6.28. The highest BCUT2D eigenvalue weighted by Crippen LogP contribution is 2.46. The summed E-state index contributed by atoms with van der Waals surface area (Å²) in [6.07, 6.45) is 0. The Balaban J connectivity index is 1.88. The minimum absolute atomic E-state index is 0.219. The van der Waals surface area contributed by atoms with Crippen molar-refractivity contribution in [2.24, 2.45) is 0 Å². The summed E-state index contributed by atoms with van der Waals surface area (Å²) < 4.78 is 21.6. The van der Waals surface area contributed by atoms with Crippen molar-refractivity contribution in [2.75, 3.05) is 40.8 Å². The van der Waals surface area contributed by atoms with Gasteiger partial charge in [-0.05, 0) is 47.5 Å². The highest BCUT2D eigenvalue weighted by Gasteiger charge is 2.43. The molecule has 0 fully saturated rings. The summed E-state index contributed by atoms with van der Waals surface area (Å²) in [6, 6.07) is 17.3. The van der Waals surface area contributed by atoms with Gasteiger partial charge in [-0.1, -0.05) is 24.3 Å². The summed E-state index contributed by atoms with van der Waals surface area (Å²) in [5, 5.41) is 3.00. The van der Waals surface area contributed by atoms with Crippen LogP contribution >= 0.6 is 0 Å². The van der Waals surface area contributed by atoms with Gasteiger partial charge in [0.15, 0.2) is 11.5 Å². The topological polar surface area (TPSA) is 86.3 Å². The molecule has 1 aliphatic heterocycles. The number of carbonyl (C=O) groups excluding carboxylic acids is 2. The van der Waals surface area contributed by atoms with Crippen molar-refractivity contribution in [2.45, 2.75) is 12.0 Å². The van der Waals surface area contributed by atoms with E-state index in [9.17, 15) is 9.59 Å². The summed E-state index contributed by atoms with van der Waals surface area (Å²) in [4.78, 5) is 29.0. The van der Waals surface area contributed by atoms with Gasteiger partial charge in [0, 0.05) is 12.6 Å². The molecule has 1 heterocycles. The Morgan fingerprint density at radius 1 is 0.829 bits per heavy atom. The van der Waals surface area contributed by atoms with E-state index in [-0.39, 0.29) is 11.8 Å². The fraction of sp³-hybridized carbons (Fsp3) is 0.259. The fourth-order valence-electron chi connectivity index (χ4n) is 4.51. The van der Waals surface area contributed by atoms with E-state index in [1.807, 2.05) is 36.4 Å². The molecule has 8 heteroatoms. The van der Waals surface area contributed by atoms with E-state index in [2.05, 4.69) is 5.32 Å². The SMILES string of the molecule is COc1ccc([C@@H]2[C@@H](C(=O)Nc3ccccc3OC)c3cc(OC)c(OC)cc3C(=O)N2C)cc1. The molecular formula is C27H28N2O6. The van der Waals surface area contributed by atoms with Crippen LogP contribution in [0.2, 0.25) is 0 Å². The number of benzene rings is 3. The van der Waals surface area contributed by atoms with Crippen LogP contribution in [-0.4, -0.2) is 52.2 Å². The zero-order chi connectivity index (χ0) is 25.1. The van der Waals surface area contributed by atoms with Crippen molar-refractivity contribution in [1.82, 2.24) is 4.90 Å². The normalized spacial score (nSPS) is 16.8. The first-order valence-corrected chi connectivity index (χ1v) is 11.0. The number of methoxy groups -OCH3 is 4. The Morgan fingerprint density at radius 2 is 1.46 bits per heavy atom. The van der Waals surface area contributed by atoms with Crippen molar-refractivity contribution in [3.05, 3.63) is 77.4 Å². The molecule has 1 N–H and O–H groups in total. The van der Waals surface area contributed by atoms with Gasteiger partial charge >= 0.3 is 0 Å². The smallest absolute Gasteiger partial charge is 0.254 e. The van der Waals surface area contributed by atoms with E-state index in [1.165, 1.54) is 14.2 Å². The second-order valence-electron chi connectivity index (χ2n) is 8.10. The first kappa shape index (κ1) is 23.9. The molecule has 3 aromatic rings. The van der Waals surface area contributed by atoms with Gasteiger partial charge in [-0.2, -0.15) is 0 Å². The number of amides is 2. The second-order valence-corrected chi connectivity index (χ2v) is 8.10. The van der Waals surface area contributed by atoms with E-state index in [0.717, 1.165) is 5.56 Å². The third-order valence-electron chi connectivity index (χ3n) is 6.28. The molecule has 4 rings (SSSR count). The minimum atomic E-state index is -0.745. The Kier molecular flexibility index (Phi) is 6.82. The monoisotopic (exact) mass is 476 g/mol. The minimum Gasteiger partial charge on any atom is -0.497 e. The maximum atomic E-state index is 13.9. The maximum absolute atomic E-state index is 13.9. The van der Waals surface area contributed by atoms with E-state index in [1.54, 1.807) is 50.4 Å². The molecule has 2 atom stereocenters. The van der Waals surface area contributed by atoms with E-state index in [0.29, 0.717) is 39.8 Å². The molecule has 8 nitrogen and oxygen atoms in total. The molecule has 3 aromatic carbocycles. The fourth-order valence-corrected chi connectivity index (χ4v) is 4.51. The number of ether oxygens (including phenoxy) is 4. The van der Waals surface area contributed by atoms with Gasteiger partial charge in [-0.3, -0.25) is 9.59 Å². The van der Waals surface area contributed by atoms with Crippen molar-refractivity contribution in [3.63, 3.8) is 0 Å². The number of nitrogens with zero attached hydrogens (tertiary/aromatic N) is 1. The Hall–Kier alpha value is -4.20. The Labute approximate surface area is 204 Å². The number of fused-ring (bicyclic) bond motifs is 1. The highest BCUT2D eigenvalue weighted by atomic mass is 16.5. The summed E-state index contributed by atoms with van der Waals surface area (Å²) in [7, 11) is 7.86. The quantitative estimate of drug-likeness (QED) is 0.548. The molecule has 0 aromatic heterocycles. The summed E-state index contributed by atoms with van der Waals surface area (Å²) in [5.41, 5.74) is 2.27. The Bertz CT molecular complexity index is 1240. The number of rotatable bonds is 7. The number of hydrogen-bond donors (Lipinski definition) is 1. The van der Waals surface area contributed by atoms with Gasteiger partial charge in [0.2, 0.25) is 5.91 Å². The van der Waals surface area contributed by atoms with Crippen LogP contribution < -0.4 is 24.3 Å². The largest absolute Gasteiger partial charge is 0.497 e. The van der Waals surface area contributed by atoms with E-state index in [4.69, 9.17) is 18.9 Å². The average Bonchev–Trinajstić information content (AvgIpc) is 2.90. The van der Waals surface area contributed by atoms with Crippen LogP contribution in [0, 0.1) is 0 Å². The van der Waals surface area contributed by atoms with E-state index < -0.39 is 12.0 Å². The van der Waals surface area contributed by atoms with Gasteiger partial charge in [-0.25, -0.2) is 0 Å². The van der Waals surface area contributed by atoms with Crippen LogP contribution in [0.4, 0.5) is 5.69 Å². The van der Waals surface area contributed by atoms with E-state index >= 15 is 0 Å². The van der Waals surface area contributed by atoms with Crippen LogP contribution in [0.15, 0.2) is 60.7 Å². The lowest BCUT2D eigenvalue weighted by Gasteiger charge is -2.40. The molecule has 0 spiro atoms. The standard InChI is InChI=1S/C27H28N2O6/c1-29-25(16-10-12-17(32-2)13-11-16)24(26(30)28-20-8-6-7-9-21(20)33-3)18-14-22(34-4)23(35-5)15-19(18)27(29)31/h6-15,24-25H,1-5H3,(H,28,30)/t24-,25+/m0/s1. The highest BCUT2D eigenvalue weighted by molar-refractivity contribution is 6.05. The zero-order valence-electron chi connectivity index (χ0n) is 20.3. The van der Waals surface area contributed by atoms with Crippen LogP contribution in [0.1, 0.15) is 33.4 Å². The predicted molar refractivity (Wildman–Crippen MR) is 132 cm³/mol. The molecule has 182 valence electrons. The molecule has 35 heavy (non-hydrogen) atoms. The molecule has 0 unspecified atom stereocenters. The van der Waals surface area contributed by atoms with Gasteiger partial charge < -0.3 is 29.2 Å². The molecule has 0 bridgehead atoms. The number of anilines is 1. The molecule has 0 saturated carbocycles. The molecule has 2 amide bonds. The maximum Gasteiger partial charge on any atom is 0.254 e. The summed E-state index contributed by atoms with van der Waals surface area (Å²) >= 11 is 0. The van der Waals surface area contributed by atoms with Gasteiger partial charge in [-0.15, -0.1) is 0 Å². The molecule has 1 aliphatic rings. The average molecular weight is 477 g/mol. The molecule has 0 aliphatic carbocycles. The molecule has 0 radical (unpaired) electrons. The number of para-hydroxylation sites is 2. The first-order valence-electron chi connectivity index (χ1n) is 11.0. The number of hydrogen-bond acceptors (Lipinski definition) is 6. The summed E-state index contributed by atoms with van der Waals surface area (Å²) in [5.74, 6) is 0.819. The van der Waals surface area contributed by atoms with Crippen LogP contribution in [0.5, 0.6) is 23.0 Å². The first-order chi connectivity index (χ1) is 16.9. The molecular weight excluding hydrogens is 448 g/mol. The number of carbonyl (C=O) groups is 2. The lowest BCUT2D eigenvalue weighted by atomic mass is 9.79. The van der Waals surface area contributed by atoms with Crippen LogP contribution in [0.25, 0.3) is 0 Å². The van der Waals surface area contributed by atoms with Crippen LogP contribution in [0.3, 0.4) is 0 Å². The van der Waals surface area contributed by atoms with Gasteiger partial charge in [0.05, 0.1) is 46.1 Å². The zero-order valence-corrected chi connectivity index (χ0v) is 20.3. The van der Waals surface area contributed by atoms with Gasteiger partial charge in [0.1, 0.15) is 11.5 Å². The second kappa shape index (κ2) is 9.97. The van der Waals surface area contributed by atoms with Crippen molar-refractivity contribution in [3.8, 4) is 23.0 Å². The van der Waals surface area contributed by atoms with Crippen molar-refractivity contribution < 1.29 is 28.5 Å². The molecule has 0 saturated heterocycles. The lowest BCUT2D eigenvalue weighted by molar-refractivity contribution is -0.119. The lowest BCUT2D eigenvalue weighted by Crippen LogP contribution is -2.44. The Morgan fingerprint density at radius 3 is 2.09 bits per heavy atom.